The lowest BCUT2D eigenvalue weighted by atomic mass is 9.91. The smallest absolute Gasteiger partial charge is 0.314 e. The monoisotopic (exact) mass is 300 g/mol. The zero-order valence-corrected chi connectivity index (χ0v) is 12.6. The molecule has 0 fully saturated rings. The van der Waals surface area contributed by atoms with Gasteiger partial charge in [0.15, 0.2) is 4.96 Å². The fraction of sp³-hybridized carbons (Fsp3) is 0.538. The third-order valence-electron chi connectivity index (χ3n) is 3.35. The summed E-state index contributed by atoms with van der Waals surface area (Å²) in [5.74, 6) is -0.208. The van der Waals surface area contributed by atoms with Gasteiger partial charge in [0.25, 0.3) is 0 Å². The van der Waals surface area contributed by atoms with Crippen LogP contribution in [0.15, 0.2) is 6.20 Å². The molecule has 0 bridgehead atoms. The maximum atomic E-state index is 12.1. The van der Waals surface area contributed by atoms with E-state index >= 15 is 0 Å². The lowest BCUT2D eigenvalue weighted by molar-refractivity contribution is -0.145. The molecule has 2 aromatic rings. The molecule has 4 nitrogen and oxygen atoms in total. The Morgan fingerprint density at radius 1 is 1.63 bits per heavy atom. The number of rotatable bonds is 2. The standard InChI is InChI=1S/C13H16N2O2S.ClH/c1-3-17-12(16)9-5-4-6-10-11(9)15-7-8(2)14-13(15)18-10;/h7,9H,3-6H2,1-2H3;1H. The number of thiazole rings is 1. The molecule has 2 heterocycles. The SMILES string of the molecule is CCOC(=O)C1CCCc2sc3nc(C)cn3c21.Cl. The van der Waals surface area contributed by atoms with Crippen LogP contribution in [0.25, 0.3) is 4.96 Å². The zero-order chi connectivity index (χ0) is 12.7. The summed E-state index contributed by atoms with van der Waals surface area (Å²) in [5.41, 5.74) is 2.11. The molecule has 0 radical (unpaired) electrons. The number of carbonyl (C=O) groups is 1. The summed E-state index contributed by atoms with van der Waals surface area (Å²) in [4.78, 5) is 18.8. The number of fused-ring (bicyclic) bond motifs is 3. The van der Waals surface area contributed by atoms with E-state index in [0.29, 0.717) is 6.61 Å². The van der Waals surface area contributed by atoms with Crippen molar-refractivity contribution in [3.63, 3.8) is 0 Å². The van der Waals surface area contributed by atoms with Gasteiger partial charge in [-0.1, -0.05) is 0 Å². The third kappa shape index (κ3) is 2.37. The number of aryl methyl sites for hydroxylation is 2. The quantitative estimate of drug-likeness (QED) is 0.801. The first-order chi connectivity index (χ1) is 8.70. The molecule has 0 spiro atoms. The zero-order valence-electron chi connectivity index (χ0n) is 11.0. The van der Waals surface area contributed by atoms with Gasteiger partial charge in [-0.05, 0) is 33.1 Å². The molecule has 0 saturated carbocycles. The number of carbonyl (C=O) groups excluding carboxylic acids is 1. The Hall–Kier alpha value is -1.07. The Morgan fingerprint density at radius 3 is 3.16 bits per heavy atom. The maximum absolute atomic E-state index is 12.1. The molecule has 1 aliphatic rings. The molecule has 19 heavy (non-hydrogen) atoms. The fourth-order valence-electron chi connectivity index (χ4n) is 2.63. The van der Waals surface area contributed by atoms with Crippen LogP contribution < -0.4 is 0 Å². The van der Waals surface area contributed by atoms with Gasteiger partial charge >= 0.3 is 5.97 Å². The van der Waals surface area contributed by atoms with Gasteiger partial charge < -0.3 is 4.74 Å². The second kappa shape index (κ2) is 5.51. The van der Waals surface area contributed by atoms with Gasteiger partial charge in [-0.25, -0.2) is 4.98 Å². The Bertz CT molecular complexity index is 605. The normalized spacial score (nSPS) is 17.9. The van der Waals surface area contributed by atoms with Crippen LogP contribution in [0, 0.1) is 6.92 Å². The maximum Gasteiger partial charge on any atom is 0.314 e. The predicted molar refractivity (Wildman–Crippen MR) is 77.4 cm³/mol. The molecule has 0 N–H and O–H groups in total. The number of imidazole rings is 1. The lowest BCUT2D eigenvalue weighted by Crippen LogP contribution is -2.21. The summed E-state index contributed by atoms with van der Waals surface area (Å²) < 4.78 is 7.27. The number of esters is 1. The van der Waals surface area contributed by atoms with Crippen LogP contribution in [0.4, 0.5) is 0 Å². The fourth-order valence-corrected chi connectivity index (χ4v) is 3.89. The molecule has 0 aromatic carbocycles. The highest BCUT2D eigenvalue weighted by molar-refractivity contribution is 7.17. The van der Waals surface area contributed by atoms with Gasteiger partial charge in [0.2, 0.25) is 0 Å². The molecule has 0 amide bonds. The summed E-state index contributed by atoms with van der Waals surface area (Å²) in [6.07, 6.45) is 5.01. The molecule has 0 aliphatic heterocycles. The minimum atomic E-state index is -0.115. The first-order valence-corrected chi connectivity index (χ1v) is 7.16. The Labute approximate surface area is 122 Å². The molecule has 1 atom stereocenters. The van der Waals surface area contributed by atoms with Crippen molar-refractivity contribution in [1.29, 1.82) is 0 Å². The van der Waals surface area contributed by atoms with E-state index in [1.54, 1.807) is 11.3 Å². The van der Waals surface area contributed by atoms with Crippen LogP contribution in [-0.2, 0) is 16.0 Å². The van der Waals surface area contributed by atoms with E-state index in [2.05, 4.69) is 9.38 Å². The van der Waals surface area contributed by atoms with Crippen LogP contribution in [0.1, 0.15) is 41.9 Å². The summed E-state index contributed by atoms with van der Waals surface area (Å²) >= 11 is 1.70. The topological polar surface area (TPSA) is 43.6 Å². The van der Waals surface area contributed by atoms with Gasteiger partial charge in [-0.15, -0.1) is 23.7 Å². The molecular weight excluding hydrogens is 284 g/mol. The number of aromatic nitrogens is 2. The number of ether oxygens (including phenoxy) is 1. The average Bonchev–Trinajstić information content (AvgIpc) is 2.84. The van der Waals surface area contributed by atoms with E-state index in [1.165, 1.54) is 4.88 Å². The van der Waals surface area contributed by atoms with E-state index in [1.807, 2.05) is 20.0 Å². The van der Waals surface area contributed by atoms with Crippen LogP contribution >= 0.6 is 23.7 Å². The Morgan fingerprint density at radius 2 is 2.42 bits per heavy atom. The van der Waals surface area contributed by atoms with Crippen molar-refractivity contribution >= 4 is 34.7 Å². The largest absolute Gasteiger partial charge is 0.465 e. The van der Waals surface area contributed by atoms with Gasteiger partial charge in [0, 0.05) is 11.1 Å². The summed E-state index contributed by atoms with van der Waals surface area (Å²) in [7, 11) is 0. The highest BCUT2D eigenvalue weighted by Crippen LogP contribution is 2.37. The van der Waals surface area contributed by atoms with Crippen molar-refractivity contribution in [2.75, 3.05) is 6.61 Å². The van der Waals surface area contributed by atoms with Gasteiger partial charge in [0.05, 0.1) is 23.9 Å². The minimum Gasteiger partial charge on any atom is -0.465 e. The third-order valence-corrected chi connectivity index (χ3v) is 4.48. The first-order valence-electron chi connectivity index (χ1n) is 6.34. The van der Waals surface area contributed by atoms with E-state index in [0.717, 1.165) is 35.6 Å². The van der Waals surface area contributed by atoms with Crippen molar-refractivity contribution in [1.82, 2.24) is 9.38 Å². The van der Waals surface area contributed by atoms with Gasteiger partial charge in [-0.3, -0.25) is 9.20 Å². The number of hydrogen-bond acceptors (Lipinski definition) is 4. The molecule has 2 aromatic heterocycles. The number of hydrogen-bond donors (Lipinski definition) is 0. The van der Waals surface area contributed by atoms with E-state index < -0.39 is 0 Å². The van der Waals surface area contributed by atoms with Crippen molar-refractivity contribution in [2.24, 2.45) is 0 Å². The predicted octanol–water partition coefficient (Wildman–Crippen LogP) is 3.11. The van der Waals surface area contributed by atoms with E-state index in [-0.39, 0.29) is 24.3 Å². The van der Waals surface area contributed by atoms with Crippen molar-refractivity contribution < 1.29 is 9.53 Å². The molecule has 1 aliphatic carbocycles. The molecule has 6 heteroatoms. The lowest BCUT2D eigenvalue weighted by Gasteiger charge is -2.20. The highest BCUT2D eigenvalue weighted by Gasteiger charge is 2.32. The molecule has 3 rings (SSSR count). The Balaban J connectivity index is 0.00000133. The summed E-state index contributed by atoms with van der Waals surface area (Å²) in [6, 6.07) is 0. The number of nitrogens with zero attached hydrogens (tertiary/aromatic N) is 2. The van der Waals surface area contributed by atoms with E-state index in [9.17, 15) is 4.79 Å². The molecular formula is C13H17ClN2O2S. The van der Waals surface area contributed by atoms with E-state index in [4.69, 9.17) is 4.74 Å². The van der Waals surface area contributed by atoms with Crippen LogP contribution in [-0.4, -0.2) is 22.0 Å². The van der Waals surface area contributed by atoms with Gasteiger partial charge in [-0.2, -0.15) is 0 Å². The highest BCUT2D eigenvalue weighted by atomic mass is 35.5. The molecule has 1 unspecified atom stereocenters. The van der Waals surface area contributed by atoms with Crippen LogP contribution in [0.3, 0.4) is 0 Å². The summed E-state index contributed by atoms with van der Waals surface area (Å²) in [5, 5.41) is 0. The molecule has 0 saturated heterocycles. The van der Waals surface area contributed by atoms with Crippen molar-refractivity contribution in [3.05, 3.63) is 22.5 Å². The second-order valence-electron chi connectivity index (χ2n) is 4.64. The molecule has 104 valence electrons. The Kier molecular flexibility index (Phi) is 4.16. The van der Waals surface area contributed by atoms with Gasteiger partial charge in [0.1, 0.15) is 0 Å². The van der Waals surface area contributed by atoms with Crippen LogP contribution in [0.2, 0.25) is 0 Å². The number of halogens is 1. The first kappa shape index (κ1) is 14.3. The average molecular weight is 301 g/mol. The second-order valence-corrected chi connectivity index (χ2v) is 5.70. The van der Waals surface area contributed by atoms with Crippen molar-refractivity contribution in [2.45, 2.75) is 39.0 Å². The summed E-state index contributed by atoms with van der Waals surface area (Å²) in [6.45, 7) is 4.28. The van der Waals surface area contributed by atoms with Crippen LogP contribution in [0.5, 0.6) is 0 Å². The minimum absolute atomic E-state index is 0. The van der Waals surface area contributed by atoms with Crippen molar-refractivity contribution in [3.8, 4) is 0 Å².